The number of amides is 1. The number of likely N-dealkylation sites (tertiary alicyclic amines) is 1. The van der Waals surface area contributed by atoms with E-state index in [1.807, 2.05) is 18.7 Å². The van der Waals surface area contributed by atoms with Crippen LogP contribution in [0.25, 0.3) is 0 Å². The molecule has 1 amide bonds. The molecular weight excluding hydrogens is 374 g/mol. The van der Waals surface area contributed by atoms with E-state index in [4.69, 9.17) is 4.65 Å². The Bertz CT molecular complexity index is 399. The number of carbonyl (C=O) groups excluding carboxylic acids is 2. The highest BCUT2D eigenvalue weighted by Crippen LogP contribution is 2.21. The van der Waals surface area contributed by atoms with Gasteiger partial charge in [0.15, 0.2) is 0 Å². The third-order valence-electron chi connectivity index (χ3n) is 5.16. The average Bonchev–Trinajstić information content (AvgIpc) is 2.62. The molecular formula is C18H37BCl2N2O3. The molecule has 1 saturated heterocycles. The predicted octanol–water partition coefficient (Wildman–Crippen LogP) is 2.70. The quantitative estimate of drug-likeness (QED) is 0.519. The third kappa shape index (κ3) is 8.96. The third-order valence-corrected chi connectivity index (χ3v) is 5.16. The Morgan fingerprint density at radius 3 is 2.38 bits per heavy atom. The summed E-state index contributed by atoms with van der Waals surface area (Å²) in [7, 11) is 1.47. The van der Waals surface area contributed by atoms with E-state index in [-0.39, 0.29) is 42.6 Å². The largest absolute Gasteiger partial charge is 0.543 e. The van der Waals surface area contributed by atoms with Crippen LogP contribution >= 0.6 is 24.8 Å². The molecule has 1 aliphatic rings. The molecule has 0 aromatic rings. The first-order valence-electron chi connectivity index (χ1n) is 9.66. The lowest BCUT2D eigenvalue weighted by molar-refractivity contribution is -0.140. The number of halogens is 2. The Labute approximate surface area is 172 Å². The fourth-order valence-electron chi connectivity index (χ4n) is 3.59. The number of carbonyl (C=O) groups is 2. The second-order valence-electron chi connectivity index (χ2n) is 6.80. The van der Waals surface area contributed by atoms with Gasteiger partial charge in [0.25, 0.3) is 5.97 Å². The van der Waals surface area contributed by atoms with Crippen molar-refractivity contribution in [1.82, 2.24) is 9.80 Å². The molecule has 0 bridgehead atoms. The summed E-state index contributed by atoms with van der Waals surface area (Å²) in [6.07, 6.45) is 5.94. The van der Waals surface area contributed by atoms with Crippen LogP contribution < -0.4 is 0 Å². The van der Waals surface area contributed by atoms with Crippen molar-refractivity contribution >= 4 is 44.7 Å². The predicted molar refractivity (Wildman–Crippen MR) is 114 cm³/mol. The molecule has 154 valence electrons. The van der Waals surface area contributed by atoms with E-state index in [9.17, 15) is 9.59 Å². The Morgan fingerprint density at radius 2 is 1.85 bits per heavy atom. The van der Waals surface area contributed by atoms with E-state index < -0.39 is 0 Å². The van der Waals surface area contributed by atoms with Crippen LogP contribution in [0.3, 0.4) is 0 Å². The zero-order chi connectivity index (χ0) is 17.9. The van der Waals surface area contributed by atoms with Gasteiger partial charge < -0.3 is 14.5 Å². The second-order valence-corrected chi connectivity index (χ2v) is 6.80. The minimum absolute atomic E-state index is 0. The van der Waals surface area contributed by atoms with Gasteiger partial charge in [-0.1, -0.05) is 19.8 Å². The van der Waals surface area contributed by atoms with Crippen molar-refractivity contribution in [1.29, 1.82) is 0 Å². The first kappa shape index (κ1) is 27.8. The Kier molecular flexibility index (Phi) is 16.6. The van der Waals surface area contributed by atoms with Crippen molar-refractivity contribution in [2.24, 2.45) is 11.8 Å². The van der Waals surface area contributed by atoms with Gasteiger partial charge in [-0.25, -0.2) is 0 Å². The average molecular weight is 411 g/mol. The molecule has 0 aromatic heterocycles. The summed E-state index contributed by atoms with van der Waals surface area (Å²) in [5, 5.41) is 0. The smallest absolute Gasteiger partial charge is 0.325 e. The summed E-state index contributed by atoms with van der Waals surface area (Å²) < 4.78 is 4.95. The molecule has 2 atom stereocenters. The fourth-order valence-corrected chi connectivity index (χ4v) is 3.59. The number of nitrogens with zero attached hydrogens (tertiary/aromatic N) is 2. The molecule has 8 heteroatoms. The monoisotopic (exact) mass is 410 g/mol. The topological polar surface area (TPSA) is 49.9 Å². The molecule has 1 fully saturated rings. The summed E-state index contributed by atoms with van der Waals surface area (Å²) in [6, 6.07) is 0. The lowest BCUT2D eigenvalue weighted by atomic mass is 9.94. The minimum Gasteiger partial charge on any atom is -0.543 e. The van der Waals surface area contributed by atoms with Crippen LogP contribution in [0.5, 0.6) is 0 Å². The highest BCUT2D eigenvalue weighted by molar-refractivity contribution is 6.05. The summed E-state index contributed by atoms with van der Waals surface area (Å²) in [5.74, 6) is 0.316. The van der Waals surface area contributed by atoms with E-state index in [1.165, 1.54) is 8.05 Å². The van der Waals surface area contributed by atoms with Crippen molar-refractivity contribution < 1.29 is 14.2 Å². The van der Waals surface area contributed by atoms with Crippen LogP contribution in [0.15, 0.2) is 0 Å². The van der Waals surface area contributed by atoms with Gasteiger partial charge in [-0.05, 0) is 52.6 Å². The normalized spacial score (nSPS) is 18.2. The molecule has 1 heterocycles. The van der Waals surface area contributed by atoms with Crippen LogP contribution in [-0.2, 0) is 14.2 Å². The summed E-state index contributed by atoms with van der Waals surface area (Å²) in [5.41, 5.74) is 0. The molecule has 0 saturated carbocycles. The van der Waals surface area contributed by atoms with Gasteiger partial charge in [-0.2, -0.15) is 0 Å². The summed E-state index contributed by atoms with van der Waals surface area (Å²) >= 11 is 0. The van der Waals surface area contributed by atoms with Gasteiger partial charge in [-0.15, -0.1) is 24.8 Å². The lowest BCUT2D eigenvalue weighted by Gasteiger charge is -2.35. The molecule has 0 radical (unpaired) electrons. The van der Waals surface area contributed by atoms with Crippen LogP contribution in [0.4, 0.5) is 0 Å². The SMILES string of the molecule is BOC(=O)C(CCCC)CCN1CCCC(C(=O)N(CC)CC)C1.Cl.Cl. The number of piperidine rings is 1. The van der Waals surface area contributed by atoms with E-state index in [0.717, 1.165) is 71.2 Å². The Morgan fingerprint density at radius 1 is 1.19 bits per heavy atom. The molecule has 0 N–H and O–H groups in total. The van der Waals surface area contributed by atoms with Gasteiger partial charge in [-0.3, -0.25) is 9.59 Å². The highest BCUT2D eigenvalue weighted by Gasteiger charge is 2.29. The first-order chi connectivity index (χ1) is 11.6. The van der Waals surface area contributed by atoms with Crippen LogP contribution in [-0.4, -0.2) is 62.4 Å². The molecule has 1 rings (SSSR count). The van der Waals surface area contributed by atoms with Gasteiger partial charge in [0.1, 0.15) is 0 Å². The molecule has 0 aromatic carbocycles. The zero-order valence-electron chi connectivity index (χ0n) is 16.9. The summed E-state index contributed by atoms with van der Waals surface area (Å²) in [4.78, 5) is 28.8. The van der Waals surface area contributed by atoms with E-state index in [1.54, 1.807) is 0 Å². The maximum absolute atomic E-state index is 12.6. The van der Waals surface area contributed by atoms with Crippen LogP contribution in [0.2, 0.25) is 0 Å². The zero-order valence-corrected chi connectivity index (χ0v) is 18.5. The highest BCUT2D eigenvalue weighted by atomic mass is 35.5. The first-order valence-corrected chi connectivity index (χ1v) is 9.66. The van der Waals surface area contributed by atoms with Gasteiger partial charge in [0.2, 0.25) is 5.91 Å². The van der Waals surface area contributed by atoms with Crippen molar-refractivity contribution in [2.45, 2.75) is 59.3 Å². The van der Waals surface area contributed by atoms with E-state index >= 15 is 0 Å². The molecule has 5 nitrogen and oxygen atoms in total. The maximum Gasteiger partial charge on any atom is 0.325 e. The fraction of sp³-hybridized carbons (Fsp3) is 0.889. The molecule has 26 heavy (non-hydrogen) atoms. The lowest BCUT2D eigenvalue weighted by Crippen LogP contribution is -2.45. The molecule has 2 unspecified atom stereocenters. The Hall–Kier alpha value is -0.455. The van der Waals surface area contributed by atoms with Crippen LogP contribution in [0.1, 0.15) is 59.3 Å². The Balaban J connectivity index is 0. The van der Waals surface area contributed by atoms with Gasteiger partial charge >= 0.3 is 8.05 Å². The van der Waals surface area contributed by atoms with Crippen molar-refractivity contribution in [3.05, 3.63) is 0 Å². The van der Waals surface area contributed by atoms with Gasteiger partial charge in [0.05, 0.1) is 11.8 Å². The van der Waals surface area contributed by atoms with E-state index in [2.05, 4.69) is 11.8 Å². The summed E-state index contributed by atoms with van der Waals surface area (Å²) in [6.45, 7) is 10.5. The minimum atomic E-state index is -0.0868. The number of rotatable bonds is 10. The maximum atomic E-state index is 12.6. The van der Waals surface area contributed by atoms with Crippen molar-refractivity contribution in [3.63, 3.8) is 0 Å². The standard InChI is InChI=1S/C18H35BN2O3.2ClH/c1-4-7-9-15(18(23)24-19)11-13-20-12-8-10-16(14-20)17(22)21(5-2)6-3;;/h15-16H,4-14,19H2,1-3H3;2*1H. The van der Waals surface area contributed by atoms with E-state index in [0.29, 0.717) is 5.91 Å². The number of hydrogen-bond donors (Lipinski definition) is 0. The van der Waals surface area contributed by atoms with Crippen molar-refractivity contribution in [2.75, 3.05) is 32.7 Å². The van der Waals surface area contributed by atoms with Crippen molar-refractivity contribution in [3.8, 4) is 0 Å². The number of hydrogen-bond acceptors (Lipinski definition) is 4. The number of unbranched alkanes of at least 4 members (excludes halogenated alkanes) is 1. The molecule has 0 spiro atoms. The molecule has 1 aliphatic heterocycles. The molecule has 0 aliphatic carbocycles. The van der Waals surface area contributed by atoms with Crippen LogP contribution in [0, 0.1) is 11.8 Å². The van der Waals surface area contributed by atoms with Gasteiger partial charge in [0, 0.05) is 19.6 Å². The second kappa shape index (κ2) is 15.6.